The summed E-state index contributed by atoms with van der Waals surface area (Å²) < 4.78 is 24.4. The van der Waals surface area contributed by atoms with Crippen molar-refractivity contribution >= 4 is 29.1 Å². The highest BCUT2D eigenvalue weighted by Gasteiger charge is 2.29. The summed E-state index contributed by atoms with van der Waals surface area (Å²) in [6, 6.07) is 0. The van der Waals surface area contributed by atoms with E-state index in [0.717, 1.165) is 40.6 Å². The highest BCUT2D eigenvalue weighted by atomic mass is 32.2. The van der Waals surface area contributed by atoms with Gasteiger partial charge in [-0.1, -0.05) is 30.5 Å². The van der Waals surface area contributed by atoms with E-state index in [-0.39, 0.29) is 6.10 Å². The minimum Gasteiger partial charge on any atom is -0.498 e. The van der Waals surface area contributed by atoms with Gasteiger partial charge in [0.05, 0.1) is 30.8 Å². The fourth-order valence-electron chi connectivity index (χ4n) is 2.71. The van der Waals surface area contributed by atoms with Crippen molar-refractivity contribution < 1.29 is 23.8 Å². The number of nitrogens with zero attached hydrogens (tertiary/aromatic N) is 1. The molecular weight excluding hydrogens is 437 g/mol. The molecule has 1 N–H and O–H groups in total. The molecule has 0 saturated carbocycles. The lowest BCUT2D eigenvalue weighted by Crippen LogP contribution is -2.26. The van der Waals surface area contributed by atoms with Crippen molar-refractivity contribution in [1.82, 2.24) is 4.98 Å². The molecule has 1 aromatic rings. The standard InChI is InChI=1S/C23H30FNO4S2/c1-5-17(7-6-16(2)24)14-29-20-10-8-19(9-11-20)28-13-12-18-15-30-22(25-18)31-23(3,4)21(26)27/h5-8,15,20H,2,9-14H2,1,3-4H3,(H,26,27)/b7-6-,17-5+. The van der Waals surface area contributed by atoms with Crippen molar-refractivity contribution in [1.29, 1.82) is 0 Å². The number of halogens is 1. The molecule has 1 atom stereocenters. The van der Waals surface area contributed by atoms with Crippen LogP contribution in [0.25, 0.3) is 0 Å². The largest absolute Gasteiger partial charge is 0.498 e. The van der Waals surface area contributed by atoms with Crippen molar-refractivity contribution in [2.75, 3.05) is 13.2 Å². The highest BCUT2D eigenvalue weighted by molar-refractivity contribution is 8.02. The summed E-state index contributed by atoms with van der Waals surface area (Å²) in [5.74, 6) is -0.358. The predicted molar refractivity (Wildman–Crippen MR) is 124 cm³/mol. The van der Waals surface area contributed by atoms with Crippen LogP contribution < -0.4 is 0 Å². The number of aromatic nitrogens is 1. The Labute approximate surface area is 191 Å². The number of aliphatic carboxylic acids is 1. The maximum absolute atomic E-state index is 12.7. The van der Waals surface area contributed by atoms with Crippen LogP contribution >= 0.6 is 23.1 Å². The molecule has 0 fully saturated rings. The molecule has 8 heteroatoms. The fraction of sp³-hybridized carbons (Fsp3) is 0.478. The van der Waals surface area contributed by atoms with Crippen LogP contribution in [0.4, 0.5) is 4.39 Å². The van der Waals surface area contributed by atoms with Gasteiger partial charge in [-0.05, 0) is 51.3 Å². The van der Waals surface area contributed by atoms with E-state index in [1.165, 1.54) is 29.2 Å². The minimum atomic E-state index is -0.900. The third-order valence-electron chi connectivity index (χ3n) is 4.69. The summed E-state index contributed by atoms with van der Waals surface area (Å²) in [6.07, 6.45) is 10.3. The van der Waals surface area contributed by atoms with Gasteiger partial charge in [-0.25, -0.2) is 9.37 Å². The molecule has 0 radical (unpaired) electrons. The quantitative estimate of drug-likeness (QED) is 0.296. The van der Waals surface area contributed by atoms with Gasteiger partial charge in [-0.3, -0.25) is 4.79 Å². The Morgan fingerprint density at radius 2 is 2.26 bits per heavy atom. The summed E-state index contributed by atoms with van der Waals surface area (Å²) in [5, 5.41) is 11.2. The van der Waals surface area contributed by atoms with Gasteiger partial charge in [-0.15, -0.1) is 11.3 Å². The number of ether oxygens (including phenoxy) is 2. The highest BCUT2D eigenvalue weighted by Crippen LogP contribution is 2.34. The zero-order valence-electron chi connectivity index (χ0n) is 18.2. The SMILES string of the molecule is C=C(F)/C=C\C(=C/C)COC1CC=C(OCCc2csc(SC(C)(C)C(=O)O)n2)CC1. The minimum absolute atomic E-state index is 0.125. The summed E-state index contributed by atoms with van der Waals surface area (Å²) in [6.45, 7) is 9.44. The molecule has 0 bridgehead atoms. The summed E-state index contributed by atoms with van der Waals surface area (Å²) >= 11 is 2.72. The van der Waals surface area contributed by atoms with E-state index in [1.54, 1.807) is 19.9 Å². The van der Waals surface area contributed by atoms with Gasteiger partial charge < -0.3 is 14.6 Å². The van der Waals surface area contributed by atoms with Crippen LogP contribution in [-0.2, 0) is 20.7 Å². The predicted octanol–water partition coefficient (Wildman–Crippen LogP) is 6.10. The van der Waals surface area contributed by atoms with Crippen LogP contribution in [0.15, 0.2) is 57.8 Å². The molecule has 31 heavy (non-hydrogen) atoms. The first-order valence-electron chi connectivity index (χ1n) is 10.2. The number of hydrogen-bond acceptors (Lipinski definition) is 6. The summed E-state index contributed by atoms with van der Waals surface area (Å²) in [5.41, 5.74) is 1.83. The second-order valence-corrected chi connectivity index (χ2v) is 10.4. The van der Waals surface area contributed by atoms with E-state index in [2.05, 4.69) is 17.6 Å². The van der Waals surface area contributed by atoms with Crippen LogP contribution in [0.5, 0.6) is 0 Å². The van der Waals surface area contributed by atoms with Gasteiger partial charge in [0.25, 0.3) is 0 Å². The number of rotatable bonds is 12. The van der Waals surface area contributed by atoms with E-state index in [9.17, 15) is 14.3 Å². The van der Waals surface area contributed by atoms with Crippen LogP contribution in [0.2, 0.25) is 0 Å². The number of thiazole rings is 1. The average Bonchev–Trinajstić information content (AvgIpc) is 3.15. The lowest BCUT2D eigenvalue weighted by atomic mass is 10.0. The van der Waals surface area contributed by atoms with Gasteiger partial charge in [0.2, 0.25) is 0 Å². The summed E-state index contributed by atoms with van der Waals surface area (Å²) in [7, 11) is 0. The van der Waals surface area contributed by atoms with E-state index < -0.39 is 16.5 Å². The normalized spacial score (nSPS) is 17.6. The molecule has 0 aliphatic heterocycles. The molecular formula is C23H30FNO4S2. The maximum atomic E-state index is 12.7. The smallest absolute Gasteiger partial charge is 0.319 e. The van der Waals surface area contributed by atoms with Crippen LogP contribution in [0.3, 0.4) is 0 Å². The van der Waals surface area contributed by atoms with E-state index in [1.807, 2.05) is 18.4 Å². The lowest BCUT2D eigenvalue weighted by Gasteiger charge is -2.22. The third kappa shape index (κ3) is 9.01. The molecule has 1 heterocycles. The topological polar surface area (TPSA) is 68.7 Å². The van der Waals surface area contributed by atoms with Gasteiger partial charge in [0.15, 0.2) is 4.34 Å². The number of carbonyl (C=O) groups is 1. The molecule has 1 aliphatic rings. The Bertz CT molecular complexity index is 858. The second kappa shape index (κ2) is 12.2. The van der Waals surface area contributed by atoms with Crippen LogP contribution in [-0.4, -0.2) is 40.1 Å². The zero-order valence-corrected chi connectivity index (χ0v) is 19.9. The monoisotopic (exact) mass is 467 g/mol. The number of carboxylic acid groups (broad SMARTS) is 1. The Kier molecular flexibility index (Phi) is 9.99. The van der Waals surface area contributed by atoms with E-state index in [4.69, 9.17) is 9.47 Å². The van der Waals surface area contributed by atoms with Gasteiger partial charge in [0.1, 0.15) is 10.6 Å². The summed E-state index contributed by atoms with van der Waals surface area (Å²) in [4.78, 5) is 15.8. The van der Waals surface area contributed by atoms with Crippen LogP contribution in [0.1, 0.15) is 45.7 Å². The van der Waals surface area contributed by atoms with Crippen molar-refractivity contribution in [3.05, 3.63) is 59.1 Å². The van der Waals surface area contributed by atoms with Crippen molar-refractivity contribution in [2.45, 2.75) is 61.6 Å². The average molecular weight is 468 g/mol. The first-order chi connectivity index (χ1) is 14.7. The van der Waals surface area contributed by atoms with Crippen molar-refractivity contribution in [3.63, 3.8) is 0 Å². The molecule has 2 rings (SSSR count). The van der Waals surface area contributed by atoms with Gasteiger partial charge in [-0.2, -0.15) is 0 Å². The Morgan fingerprint density at radius 1 is 1.48 bits per heavy atom. The molecule has 5 nitrogen and oxygen atoms in total. The van der Waals surface area contributed by atoms with Crippen molar-refractivity contribution in [3.8, 4) is 0 Å². The number of thioether (sulfide) groups is 1. The Morgan fingerprint density at radius 3 is 2.87 bits per heavy atom. The van der Waals surface area contributed by atoms with Gasteiger partial charge in [0, 0.05) is 18.2 Å². The first kappa shape index (κ1) is 25.4. The molecule has 170 valence electrons. The van der Waals surface area contributed by atoms with Gasteiger partial charge >= 0.3 is 5.97 Å². The second-order valence-electron chi connectivity index (χ2n) is 7.64. The van der Waals surface area contributed by atoms with Crippen molar-refractivity contribution in [2.24, 2.45) is 0 Å². The maximum Gasteiger partial charge on any atom is 0.319 e. The molecule has 0 aromatic carbocycles. The Hall–Kier alpha value is -1.90. The molecule has 0 amide bonds. The molecule has 1 aliphatic carbocycles. The fourth-order valence-corrected chi connectivity index (χ4v) is 4.93. The Balaban J connectivity index is 1.71. The third-order valence-corrected chi connectivity index (χ3v) is 6.86. The van der Waals surface area contributed by atoms with E-state index >= 15 is 0 Å². The zero-order chi connectivity index (χ0) is 22.9. The number of allylic oxidation sites excluding steroid dienone is 4. The molecule has 0 spiro atoms. The molecule has 1 unspecified atom stereocenters. The molecule has 1 aromatic heterocycles. The van der Waals surface area contributed by atoms with Crippen LogP contribution in [0, 0.1) is 0 Å². The van der Waals surface area contributed by atoms with E-state index in [0.29, 0.717) is 19.6 Å². The first-order valence-corrected chi connectivity index (χ1v) is 11.9. The molecule has 0 saturated heterocycles. The number of carboxylic acids is 1. The number of hydrogen-bond donors (Lipinski definition) is 1. The lowest BCUT2D eigenvalue weighted by molar-refractivity contribution is -0.138.